The van der Waals surface area contributed by atoms with Gasteiger partial charge in [-0.2, -0.15) is 0 Å². The van der Waals surface area contributed by atoms with Crippen LogP contribution in [0, 0.1) is 56.2 Å². The first-order valence-electron chi connectivity index (χ1n) is 17.7. The summed E-state index contributed by atoms with van der Waals surface area (Å²) in [6, 6.07) is 0. The summed E-state index contributed by atoms with van der Waals surface area (Å²) in [4.78, 5) is 39.1. The topological polar surface area (TPSA) is 89.9 Å². The van der Waals surface area contributed by atoms with E-state index in [1.807, 2.05) is 27.7 Å². The van der Waals surface area contributed by atoms with Gasteiger partial charge in [-0.05, 0) is 105 Å². The minimum atomic E-state index is -1.11. The maximum absolute atomic E-state index is 13.5. The second-order valence-corrected chi connectivity index (χ2v) is 18.4. The molecule has 4 fully saturated rings. The summed E-state index contributed by atoms with van der Waals surface area (Å²) in [5.41, 5.74) is 0.739. The number of hydrogen-bond donors (Lipinski definition) is 1. The van der Waals surface area contributed by atoms with Gasteiger partial charge in [0.2, 0.25) is 0 Å². The van der Waals surface area contributed by atoms with Crippen LogP contribution in [0.2, 0.25) is 0 Å². The van der Waals surface area contributed by atoms with Crippen LogP contribution in [0.3, 0.4) is 0 Å². The molecule has 4 saturated carbocycles. The quantitative estimate of drug-likeness (QED) is 0.187. The molecular formula is C39H60O6. The van der Waals surface area contributed by atoms with Gasteiger partial charge in [-0.1, -0.05) is 79.5 Å². The van der Waals surface area contributed by atoms with Crippen molar-refractivity contribution in [2.75, 3.05) is 0 Å². The van der Waals surface area contributed by atoms with E-state index < -0.39 is 23.5 Å². The highest BCUT2D eigenvalue weighted by atomic mass is 16.5. The molecule has 9 atom stereocenters. The summed E-state index contributed by atoms with van der Waals surface area (Å²) < 4.78 is 12.3. The van der Waals surface area contributed by atoms with Gasteiger partial charge in [-0.25, -0.2) is 4.79 Å². The van der Waals surface area contributed by atoms with Crippen molar-refractivity contribution in [2.45, 2.75) is 146 Å². The molecule has 0 bridgehead atoms. The number of ether oxygens (including phenoxy) is 2. The van der Waals surface area contributed by atoms with Crippen LogP contribution in [0.5, 0.6) is 0 Å². The number of carbonyl (C=O) groups excluding carboxylic acids is 2. The van der Waals surface area contributed by atoms with Gasteiger partial charge >= 0.3 is 17.9 Å². The van der Waals surface area contributed by atoms with Crippen molar-refractivity contribution in [1.29, 1.82) is 0 Å². The van der Waals surface area contributed by atoms with E-state index in [-0.39, 0.29) is 51.0 Å². The zero-order valence-electron chi connectivity index (χ0n) is 30.0. The van der Waals surface area contributed by atoms with Gasteiger partial charge < -0.3 is 14.6 Å². The Balaban J connectivity index is 1.53. The van der Waals surface area contributed by atoms with Crippen LogP contribution in [-0.4, -0.2) is 35.2 Å². The second kappa shape index (κ2) is 11.0. The van der Waals surface area contributed by atoms with Crippen molar-refractivity contribution in [2.24, 2.45) is 56.2 Å². The number of carboxylic acids is 1. The van der Waals surface area contributed by atoms with Crippen LogP contribution in [-0.2, 0) is 23.9 Å². The van der Waals surface area contributed by atoms with E-state index in [0.717, 1.165) is 50.5 Å². The maximum Gasteiger partial charge on any atom is 0.330 e. The van der Waals surface area contributed by atoms with Crippen LogP contribution in [0.4, 0.5) is 0 Å². The molecule has 0 spiro atoms. The second-order valence-electron chi connectivity index (χ2n) is 18.4. The molecule has 5 aliphatic carbocycles. The Morgan fingerprint density at radius 2 is 1.53 bits per heavy atom. The summed E-state index contributed by atoms with van der Waals surface area (Å²) in [6.07, 6.45) is 10.9. The van der Waals surface area contributed by atoms with Gasteiger partial charge in [0.1, 0.15) is 17.6 Å². The summed E-state index contributed by atoms with van der Waals surface area (Å²) in [5.74, 6) is -0.755. The lowest BCUT2D eigenvalue weighted by atomic mass is 9.33. The lowest BCUT2D eigenvalue weighted by Gasteiger charge is -2.71. The Hall–Kier alpha value is -2.11. The molecule has 6 nitrogen and oxygen atoms in total. The molecule has 0 aromatic heterocycles. The Kier molecular flexibility index (Phi) is 8.35. The Labute approximate surface area is 272 Å². The van der Waals surface area contributed by atoms with Crippen molar-refractivity contribution >= 4 is 17.9 Å². The Bertz CT molecular complexity index is 1300. The van der Waals surface area contributed by atoms with Crippen LogP contribution in [0.15, 0.2) is 23.3 Å². The predicted octanol–water partition coefficient (Wildman–Crippen LogP) is 8.93. The van der Waals surface area contributed by atoms with Gasteiger partial charge in [0.15, 0.2) is 0 Å². The molecular weight excluding hydrogens is 564 g/mol. The fraction of sp³-hybridized carbons (Fsp3) is 0.821. The van der Waals surface area contributed by atoms with Crippen LogP contribution in [0.25, 0.3) is 0 Å². The lowest BCUT2D eigenvalue weighted by molar-refractivity contribution is -0.220. The van der Waals surface area contributed by atoms with Crippen LogP contribution >= 0.6 is 0 Å². The highest BCUT2D eigenvalue weighted by Gasteiger charge is 2.71. The first-order valence-corrected chi connectivity index (χ1v) is 17.7. The molecule has 0 aliphatic heterocycles. The average molecular weight is 625 g/mol. The molecule has 45 heavy (non-hydrogen) atoms. The molecule has 0 amide bonds. The van der Waals surface area contributed by atoms with E-state index >= 15 is 0 Å². The van der Waals surface area contributed by atoms with E-state index in [9.17, 15) is 19.5 Å². The third-order valence-electron chi connectivity index (χ3n) is 14.4. The largest absolute Gasteiger partial charge is 0.481 e. The zero-order valence-corrected chi connectivity index (χ0v) is 30.0. The van der Waals surface area contributed by atoms with Crippen molar-refractivity contribution in [3.63, 3.8) is 0 Å². The summed E-state index contributed by atoms with van der Waals surface area (Å²) in [5, 5.41) is 11.0. The fourth-order valence-corrected chi connectivity index (χ4v) is 11.8. The van der Waals surface area contributed by atoms with E-state index in [0.29, 0.717) is 24.7 Å². The standard InChI is InChI=1S/C39H60O6/c1-23(2)20-31(40)44-30-22-34(5,6)21-26-25-12-13-28-36(9)16-15-29(45-32(41)24(3)4)35(7,8)27(36)14-17-38(28,11)37(25,10)18-19-39(26,30)33(42)43/h12,20,24,26-30H,13-19,21-22H2,1-11H3,(H,42,43)/t26-,27-,28+,29-,30+,36-,37+,38+,39-/m0/s1. The van der Waals surface area contributed by atoms with E-state index in [1.165, 1.54) is 11.6 Å². The van der Waals surface area contributed by atoms with Gasteiger partial charge in [-0.3, -0.25) is 9.59 Å². The fourth-order valence-electron chi connectivity index (χ4n) is 11.8. The van der Waals surface area contributed by atoms with Gasteiger partial charge in [0, 0.05) is 17.4 Å². The molecule has 0 aromatic carbocycles. The summed E-state index contributed by atoms with van der Waals surface area (Å²) in [6.45, 7) is 24.1. The Morgan fingerprint density at radius 3 is 2.13 bits per heavy atom. The number of carboxylic acid groups (broad SMARTS) is 1. The number of fused-ring (bicyclic) bond motifs is 7. The van der Waals surface area contributed by atoms with Crippen molar-refractivity contribution in [1.82, 2.24) is 0 Å². The number of rotatable bonds is 5. The van der Waals surface area contributed by atoms with Crippen molar-refractivity contribution < 1.29 is 29.0 Å². The van der Waals surface area contributed by atoms with Gasteiger partial charge in [0.25, 0.3) is 0 Å². The first kappa shape index (κ1) is 34.2. The monoisotopic (exact) mass is 624 g/mol. The van der Waals surface area contributed by atoms with E-state index in [4.69, 9.17) is 9.47 Å². The average Bonchev–Trinajstić information content (AvgIpc) is 2.89. The molecule has 5 rings (SSSR count). The zero-order chi connectivity index (χ0) is 33.5. The van der Waals surface area contributed by atoms with E-state index in [1.54, 1.807) is 0 Å². The highest BCUT2D eigenvalue weighted by molar-refractivity contribution is 5.84. The predicted molar refractivity (Wildman–Crippen MR) is 176 cm³/mol. The third-order valence-corrected chi connectivity index (χ3v) is 14.4. The number of esters is 2. The van der Waals surface area contributed by atoms with Crippen LogP contribution in [0.1, 0.15) is 134 Å². The maximum atomic E-state index is 13.5. The first-order chi connectivity index (χ1) is 20.7. The van der Waals surface area contributed by atoms with Crippen LogP contribution < -0.4 is 0 Å². The molecule has 0 saturated heterocycles. The molecule has 0 radical (unpaired) electrons. The molecule has 252 valence electrons. The number of carbonyl (C=O) groups is 3. The third kappa shape index (κ3) is 5.05. The molecule has 6 heteroatoms. The number of aliphatic carboxylic acids is 1. The minimum absolute atomic E-state index is 0.0142. The molecule has 0 aromatic rings. The Morgan fingerprint density at radius 1 is 0.867 bits per heavy atom. The number of allylic oxidation sites excluding steroid dienone is 3. The SMILES string of the molecule is CC(C)=CC(=O)O[C@@H]1CC(C)(C)C[C@H]2C3=CC[C@@H]4[C@@]5(C)CC[C@H](OC(=O)C(C)C)C(C)(C)[C@@H]5CC[C@@]4(C)[C@]3(C)CC[C@@]12C(=O)O. The number of hydrogen-bond acceptors (Lipinski definition) is 5. The normalized spacial score (nSPS) is 42.9. The minimum Gasteiger partial charge on any atom is -0.481 e. The molecule has 1 N–H and O–H groups in total. The van der Waals surface area contributed by atoms with Crippen molar-refractivity contribution in [3.8, 4) is 0 Å². The lowest BCUT2D eigenvalue weighted by Crippen LogP contribution is -2.67. The summed E-state index contributed by atoms with van der Waals surface area (Å²) in [7, 11) is 0. The molecule has 0 unspecified atom stereocenters. The van der Waals surface area contributed by atoms with E-state index in [2.05, 4.69) is 54.5 Å². The summed E-state index contributed by atoms with van der Waals surface area (Å²) >= 11 is 0. The molecule has 0 heterocycles. The smallest absolute Gasteiger partial charge is 0.330 e. The van der Waals surface area contributed by atoms with Gasteiger partial charge in [0.05, 0.1) is 5.92 Å². The highest BCUT2D eigenvalue weighted by Crippen LogP contribution is 2.76. The van der Waals surface area contributed by atoms with Crippen molar-refractivity contribution in [3.05, 3.63) is 23.3 Å². The molecule has 5 aliphatic rings. The van der Waals surface area contributed by atoms with Gasteiger partial charge in [-0.15, -0.1) is 0 Å².